The van der Waals surface area contributed by atoms with Crippen LogP contribution in [0.25, 0.3) is 0 Å². The SMILES string of the molecule is Cc1ccc(S(=O)(=O)N(CC(=O)Nc2cccc(Cl)c2)c2cccc(Br)c2)cc1. The molecule has 0 saturated carbocycles. The minimum absolute atomic E-state index is 0.110. The van der Waals surface area contributed by atoms with Gasteiger partial charge in [0.2, 0.25) is 5.91 Å². The van der Waals surface area contributed by atoms with Crippen LogP contribution in [0, 0.1) is 6.92 Å². The van der Waals surface area contributed by atoms with Crippen molar-refractivity contribution in [1.82, 2.24) is 0 Å². The summed E-state index contributed by atoms with van der Waals surface area (Å²) in [5.41, 5.74) is 1.81. The lowest BCUT2D eigenvalue weighted by molar-refractivity contribution is -0.114. The Hall–Kier alpha value is -2.35. The highest BCUT2D eigenvalue weighted by Crippen LogP contribution is 2.26. The minimum Gasteiger partial charge on any atom is -0.324 e. The predicted octanol–water partition coefficient (Wildman–Crippen LogP) is 5.24. The summed E-state index contributed by atoms with van der Waals surface area (Å²) in [6, 6.07) is 20.0. The first kappa shape index (κ1) is 21.4. The summed E-state index contributed by atoms with van der Waals surface area (Å²) in [5.74, 6) is -0.483. The van der Waals surface area contributed by atoms with Crippen molar-refractivity contribution in [2.75, 3.05) is 16.2 Å². The van der Waals surface area contributed by atoms with Crippen molar-refractivity contribution >= 4 is 54.8 Å². The lowest BCUT2D eigenvalue weighted by atomic mass is 10.2. The summed E-state index contributed by atoms with van der Waals surface area (Å²) in [4.78, 5) is 12.8. The van der Waals surface area contributed by atoms with Gasteiger partial charge in [-0.25, -0.2) is 8.42 Å². The number of benzene rings is 3. The Morgan fingerprint density at radius 1 is 1.03 bits per heavy atom. The molecular weight excluding hydrogens is 476 g/mol. The third-order valence-electron chi connectivity index (χ3n) is 4.10. The van der Waals surface area contributed by atoms with E-state index in [1.807, 2.05) is 6.92 Å². The highest BCUT2D eigenvalue weighted by atomic mass is 79.9. The van der Waals surface area contributed by atoms with Gasteiger partial charge in [-0.15, -0.1) is 0 Å². The summed E-state index contributed by atoms with van der Waals surface area (Å²) >= 11 is 9.30. The number of rotatable bonds is 6. The van der Waals surface area contributed by atoms with Crippen molar-refractivity contribution in [3.05, 3.63) is 87.9 Å². The van der Waals surface area contributed by atoms with Crippen molar-refractivity contribution in [2.45, 2.75) is 11.8 Å². The average Bonchev–Trinajstić information content (AvgIpc) is 2.66. The molecule has 1 amide bonds. The number of sulfonamides is 1. The number of nitrogens with one attached hydrogen (secondary N) is 1. The molecule has 0 saturated heterocycles. The predicted molar refractivity (Wildman–Crippen MR) is 120 cm³/mol. The second-order valence-electron chi connectivity index (χ2n) is 6.36. The van der Waals surface area contributed by atoms with Gasteiger partial charge in [-0.05, 0) is 55.5 Å². The molecule has 3 aromatic rings. The van der Waals surface area contributed by atoms with Gasteiger partial charge in [0.05, 0.1) is 10.6 Å². The highest BCUT2D eigenvalue weighted by Gasteiger charge is 2.27. The van der Waals surface area contributed by atoms with Crippen LogP contribution < -0.4 is 9.62 Å². The van der Waals surface area contributed by atoms with Gasteiger partial charge in [-0.1, -0.05) is 57.4 Å². The van der Waals surface area contributed by atoms with E-state index in [1.54, 1.807) is 60.7 Å². The Morgan fingerprint density at radius 2 is 1.72 bits per heavy atom. The molecule has 29 heavy (non-hydrogen) atoms. The molecule has 5 nitrogen and oxygen atoms in total. The topological polar surface area (TPSA) is 66.5 Å². The highest BCUT2D eigenvalue weighted by molar-refractivity contribution is 9.10. The summed E-state index contributed by atoms with van der Waals surface area (Å²) in [5, 5.41) is 3.16. The van der Waals surface area contributed by atoms with Gasteiger partial charge in [0, 0.05) is 15.2 Å². The molecule has 150 valence electrons. The third-order valence-corrected chi connectivity index (χ3v) is 6.62. The first-order valence-electron chi connectivity index (χ1n) is 8.66. The lowest BCUT2D eigenvalue weighted by Crippen LogP contribution is -2.38. The number of nitrogens with zero attached hydrogens (tertiary/aromatic N) is 1. The zero-order chi connectivity index (χ0) is 21.0. The molecule has 0 spiro atoms. The molecule has 0 heterocycles. The molecule has 3 rings (SSSR count). The number of anilines is 2. The van der Waals surface area contributed by atoms with Crippen LogP contribution in [0.5, 0.6) is 0 Å². The summed E-state index contributed by atoms with van der Waals surface area (Å²) in [7, 11) is -3.96. The fraction of sp³-hybridized carbons (Fsp3) is 0.0952. The molecule has 3 aromatic carbocycles. The largest absolute Gasteiger partial charge is 0.324 e. The number of halogens is 2. The Bertz CT molecular complexity index is 1130. The van der Waals surface area contributed by atoms with Crippen LogP contribution in [0.15, 0.2) is 82.2 Å². The summed E-state index contributed by atoms with van der Waals surface area (Å²) in [6.07, 6.45) is 0. The molecule has 0 fully saturated rings. The van der Waals surface area contributed by atoms with Crippen LogP contribution in [0.3, 0.4) is 0 Å². The van der Waals surface area contributed by atoms with Crippen LogP contribution in [-0.4, -0.2) is 20.9 Å². The molecule has 0 aliphatic carbocycles. The standard InChI is InChI=1S/C21H18BrClN2O3S/c1-15-8-10-20(11-9-15)29(27,28)25(19-7-2-4-16(22)12-19)14-21(26)24-18-6-3-5-17(23)13-18/h2-13H,14H2,1H3,(H,24,26). The molecule has 0 aliphatic heterocycles. The summed E-state index contributed by atoms with van der Waals surface area (Å²) in [6.45, 7) is 1.49. The van der Waals surface area contributed by atoms with Gasteiger partial charge in [0.1, 0.15) is 6.54 Å². The van der Waals surface area contributed by atoms with E-state index in [4.69, 9.17) is 11.6 Å². The van der Waals surface area contributed by atoms with E-state index in [0.29, 0.717) is 20.9 Å². The van der Waals surface area contributed by atoms with Crippen LogP contribution in [0.4, 0.5) is 11.4 Å². The zero-order valence-electron chi connectivity index (χ0n) is 15.5. The zero-order valence-corrected chi connectivity index (χ0v) is 18.6. The quantitative estimate of drug-likeness (QED) is 0.510. The van der Waals surface area contributed by atoms with Crippen molar-refractivity contribution in [1.29, 1.82) is 0 Å². The second kappa shape index (κ2) is 8.98. The van der Waals surface area contributed by atoms with Crippen LogP contribution >= 0.6 is 27.5 Å². The molecule has 0 unspecified atom stereocenters. The smallest absolute Gasteiger partial charge is 0.264 e. The molecule has 0 atom stereocenters. The van der Waals surface area contributed by atoms with Crippen molar-refractivity contribution in [3.63, 3.8) is 0 Å². The first-order chi connectivity index (χ1) is 13.8. The Kier molecular flexibility index (Phi) is 6.62. The van der Waals surface area contributed by atoms with Crippen molar-refractivity contribution < 1.29 is 13.2 Å². The van der Waals surface area contributed by atoms with E-state index in [1.165, 1.54) is 12.1 Å². The molecule has 0 bridgehead atoms. The van der Waals surface area contributed by atoms with E-state index in [9.17, 15) is 13.2 Å². The molecule has 8 heteroatoms. The van der Waals surface area contributed by atoms with E-state index in [2.05, 4.69) is 21.2 Å². The van der Waals surface area contributed by atoms with Crippen LogP contribution in [0.2, 0.25) is 5.02 Å². The van der Waals surface area contributed by atoms with Crippen molar-refractivity contribution in [3.8, 4) is 0 Å². The molecular formula is C21H18BrClN2O3S. The number of amides is 1. The number of hydrogen-bond acceptors (Lipinski definition) is 3. The van der Waals surface area contributed by atoms with Crippen LogP contribution in [0.1, 0.15) is 5.56 Å². The Morgan fingerprint density at radius 3 is 2.38 bits per heavy atom. The maximum Gasteiger partial charge on any atom is 0.264 e. The number of carbonyl (C=O) groups excluding carboxylic acids is 1. The van der Waals surface area contributed by atoms with Gasteiger partial charge < -0.3 is 5.32 Å². The number of hydrogen-bond donors (Lipinski definition) is 1. The van der Waals surface area contributed by atoms with E-state index < -0.39 is 15.9 Å². The van der Waals surface area contributed by atoms with Gasteiger partial charge in [-0.3, -0.25) is 9.10 Å². The molecule has 0 aliphatic rings. The maximum absolute atomic E-state index is 13.3. The van der Waals surface area contributed by atoms with Crippen LogP contribution in [-0.2, 0) is 14.8 Å². The van der Waals surface area contributed by atoms with E-state index >= 15 is 0 Å². The van der Waals surface area contributed by atoms with E-state index in [-0.39, 0.29) is 11.4 Å². The van der Waals surface area contributed by atoms with Gasteiger partial charge >= 0.3 is 0 Å². The normalized spacial score (nSPS) is 11.1. The van der Waals surface area contributed by atoms with Gasteiger partial charge in [0.25, 0.3) is 10.0 Å². The van der Waals surface area contributed by atoms with Gasteiger partial charge in [-0.2, -0.15) is 0 Å². The second-order valence-corrected chi connectivity index (χ2v) is 9.58. The summed E-state index contributed by atoms with van der Waals surface area (Å²) < 4.78 is 28.4. The molecule has 0 radical (unpaired) electrons. The van der Waals surface area contributed by atoms with Gasteiger partial charge in [0.15, 0.2) is 0 Å². The van der Waals surface area contributed by atoms with Crippen molar-refractivity contribution in [2.24, 2.45) is 0 Å². The molecule has 0 aromatic heterocycles. The fourth-order valence-electron chi connectivity index (χ4n) is 2.68. The Balaban J connectivity index is 1.95. The number of carbonyl (C=O) groups is 1. The third kappa shape index (κ3) is 5.38. The van der Waals surface area contributed by atoms with E-state index in [0.717, 1.165) is 9.87 Å². The lowest BCUT2D eigenvalue weighted by Gasteiger charge is -2.24. The molecule has 1 N–H and O–H groups in total. The monoisotopic (exact) mass is 492 g/mol. The minimum atomic E-state index is -3.96. The first-order valence-corrected chi connectivity index (χ1v) is 11.3. The fourth-order valence-corrected chi connectivity index (χ4v) is 4.67. The maximum atomic E-state index is 13.3. The Labute approximate surface area is 183 Å². The average molecular weight is 494 g/mol. The number of aryl methyl sites for hydroxylation is 1.